The van der Waals surface area contributed by atoms with Gasteiger partial charge in [0.15, 0.2) is 5.60 Å². The van der Waals surface area contributed by atoms with Gasteiger partial charge in [-0.25, -0.2) is 14.2 Å². The molecular formula is C45H53FN8O12. The quantitative estimate of drug-likeness (QED) is 0.0321. The number of carbonyl (C=O) groups excluding carboxylic acids is 7. The van der Waals surface area contributed by atoms with Gasteiger partial charge >= 0.3 is 5.97 Å². The van der Waals surface area contributed by atoms with E-state index in [2.05, 4.69) is 31.9 Å². The second-order valence-corrected chi connectivity index (χ2v) is 16.6. The molecule has 0 radical (unpaired) electrons. The van der Waals surface area contributed by atoms with E-state index in [1.54, 1.807) is 19.9 Å². The number of fused-ring (bicyclic) bond motifs is 5. The Morgan fingerprint density at radius 2 is 1.55 bits per heavy atom. The van der Waals surface area contributed by atoms with Gasteiger partial charge in [0.25, 0.3) is 5.56 Å². The molecule has 3 aromatic rings. The van der Waals surface area contributed by atoms with E-state index in [4.69, 9.17) is 19.2 Å². The number of nitrogens with one attached hydrogen (secondary N) is 6. The molecule has 6 amide bonds. The molecule has 352 valence electrons. The van der Waals surface area contributed by atoms with Gasteiger partial charge in [0.05, 0.1) is 67.3 Å². The molecule has 3 atom stereocenters. The van der Waals surface area contributed by atoms with E-state index < -0.39 is 90.7 Å². The highest BCUT2D eigenvalue weighted by Crippen LogP contribution is 2.46. The van der Waals surface area contributed by atoms with Crippen LogP contribution in [0.5, 0.6) is 0 Å². The number of amides is 6. The van der Waals surface area contributed by atoms with Gasteiger partial charge in [0, 0.05) is 22.6 Å². The number of aliphatic hydroxyl groups is 1. The minimum absolute atomic E-state index is 0.0390. The van der Waals surface area contributed by atoms with Crippen LogP contribution in [0.15, 0.2) is 29.1 Å². The van der Waals surface area contributed by atoms with Crippen molar-refractivity contribution in [1.82, 2.24) is 41.5 Å². The fraction of sp³-hybridized carbons (Fsp3) is 0.489. The summed E-state index contributed by atoms with van der Waals surface area (Å²) in [6.45, 7) is 0.198. The number of aromatic nitrogens is 2. The zero-order valence-corrected chi connectivity index (χ0v) is 36.7. The minimum Gasteiger partial charge on any atom is -0.458 e. The maximum Gasteiger partial charge on any atom is 0.343 e. The first-order valence-corrected chi connectivity index (χ1v) is 22.0. The molecule has 2 aromatic heterocycles. The number of halogens is 1. The molecule has 20 nitrogen and oxygen atoms in total. The Bertz CT molecular complexity index is 2560. The largest absolute Gasteiger partial charge is 0.458 e. The number of cyclic esters (lactones) is 1. The van der Waals surface area contributed by atoms with Crippen molar-refractivity contribution in [2.75, 3.05) is 46.1 Å². The number of hydrogen-bond donors (Lipinski definition) is 7. The van der Waals surface area contributed by atoms with E-state index in [1.165, 1.54) is 10.6 Å². The topological polar surface area (TPSA) is 274 Å². The van der Waals surface area contributed by atoms with Gasteiger partial charge in [0.1, 0.15) is 32.4 Å². The SMILES string of the molecule is CC[C@@]1(O)C(=O)OCc2c1cc1n(c2=O)Cc2c-1nc1cc(F)c(C)c3c1c2[C@@H](NC(=O)COCNC(=O)CNC(=O)CNC(=O)CNC(=O)CNC(=O)COC1/C=C\CCCCC1)CC3. The number of nitrogens with zero attached hydrogens (tertiary/aromatic N) is 2. The molecule has 66 heavy (non-hydrogen) atoms. The summed E-state index contributed by atoms with van der Waals surface area (Å²) in [4.78, 5) is 106. The molecule has 2 aliphatic carbocycles. The van der Waals surface area contributed by atoms with Gasteiger partial charge in [-0.1, -0.05) is 31.9 Å². The van der Waals surface area contributed by atoms with Crippen LogP contribution in [0, 0.1) is 12.7 Å². The first-order chi connectivity index (χ1) is 31.7. The van der Waals surface area contributed by atoms with Gasteiger partial charge in [0.2, 0.25) is 35.4 Å². The van der Waals surface area contributed by atoms with Crippen LogP contribution in [-0.2, 0) is 72.9 Å². The number of hydrogen-bond acceptors (Lipinski definition) is 13. The van der Waals surface area contributed by atoms with Gasteiger partial charge < -0.3 is 55.8 Å². The molecule has 0 saturated carbocycles. The fourth-order valence-electron chi connectivity index (χ4n) is 8.68. The number of carbonyl (C=O) groups is 7. The molecular weight excluding hydrogens is 864 g/mol. The number of ether oxygens (including phenoxy) is 3. The number of pyridine rings is 2. The van der Waals surface area contributed by atoms with Crippen molar-refractivity contribution in [2.45, 2.75) is 96.1 Å². The molecule has 7 rings (SSSR count). The Balaban J connectivity index is 0.847. The second kappa shape index (κ2) is 20.7. The molecule has 7 N–H and O–H groups in total. The molecule has 4 heterocycles. The molecule has 2 aliphatic heterocycles. The fourth-order valence-corrected chi connectivity index (χ4v) is 8.68. The molecule has 21 heteroatoms. The Morgan fingerprint density at radius 3 is 2.24 bits per heavy atom. The molecule has 0 fully saturated rings. The number of rotatable bonds is 17. The number of benzene rings is 1. The summed E-state index contributed by atoms with van der Waals surface area (Å²) in [6, 6.07) is 2.28. The lowest BCUT2D eigenvalue weighted by Crippen LogP contribution is -2.46. The summed E-state index contributed by atoms with van der Waals surface area (Å²) in [7, 11) is 0. The van der Waals surface area contributed by atoms with Crippen LogP contribution in [0.3, 0.4) is 0 Å². The lowest BCUT2D eigenvalue weighted by atomic mass is 9.81. The van der Waals surface area contributed by atoms with E-state index in [1.807, 2.05) is 12.2 Å². The third-order valence-corrected chi connectivity index (χ3v) is 12.2. The third-order valence-electron chi connectivity index (χ3n) is 12.2. The zero-order valence-electron chi connectivity index (χ0n) is 36.7. The Labute approximate surface area is 377 Å². The molecule has 4 aliphatic rings. The van der Waals surface area contributed by atoms with Gasteiger partial charge in [-0.3, -0.25) is 33.6 Å². The lowest BCUT2D eigenvalue weighted by Gasteiger charge is -2.31. The Morgan fingerprint density at radius 1 is 0.864 bits per heavy atom. The second-order valence-electron chi connectivity index (χ2n) is 16.6. The highest BCUT2D eigenvalue weighted by atomic mass is 19.1. The van der Waals surface area contributed by atoms with Crippen LogP contribution < -0.4 is 37.5 Å². The third kappa shape index (κ3) is 10.4. The molecule has 0 bridgehead atoms. The van der Waals surface area contributed by atoms with Crippen LogP contribution in [0.2, 0.25) is 0 Å². The van der Waals surface area contributed by atoms with E-state index in [0.29, 0.717) is 51.8 Å². The van der Waals surface area contributed by atoms with E-state index in [9.17, 15) is 43.5 Å². The highest BCUT2D eigenvalue weighted by Gasteiger charge is 2.46. The van der Waals surface area contributed by atoms with Crippen LogP contribution in [-0.4, -0.2) is 108 Å². The number of allylic oxidation sites excluding steroid dienone is 1. The predicted molar refractivity (Wildman–Crippen MR) is 231 cm³/mol. The standard InChI is InChI=1S/C45H53FN8O12/c1-3-45(63)29-13-33-42-27(19-54(33)43(61)28(29)20-66-44(45)62)41-31(12-11-26-24(2)30(46)14-32(53-42)40(26)41)52-39(60)21-64-23-51-37(58)18-49-35(56)16-47-34(55)15-48-36(57)17-50-38(59)22-65-25-9-7-5-4-6-8-10-25/h7,9,13-14,25,31,63H,3-6,8,10-12,15-23H2,1-2H3,(H,47,55)(H,48,57)(H,49,56)(H,50,59)(H,51,58)(H,52,60)/b9-7-/t25?,31-,45-/m0/s1. The average molecular weight is 917 g/mol. The van der Waals surface area contributed by atoms with Crippen molar-refractivity contribution < 1.29 is 57.3 Å². The molecule has 0 saturated heterocycles. The first-order valence-electron chi connectivity index (χ1n) is 22.0. The summed E-state index contributed by atoms with van der Waals surface area (Å²) in [5, 5.41) is 26.7. The average Bonchev–Trinajstić information content (AvgIpc) is 3.66. The van der Waals surface area contributed by atoms with E-state index in [0.717, 1.165) is 37.7 Å². The van der Waals surface area contributed by atoms with E-state index in [-0.39, 0.29) is 56.7 Å². The van der Waals surface area contributed by atoms with Gasteiger partial charge in [-0.15, -0.1) is 0 Å². The van der Waals surface area contributed by atoms with Crippen molar-refractivity contribution >= 4 is 52.3 Å². The molecule has 1 aromatic carbocycles. The molecule has 1 unspecified atom stereocenters. The van der Waals surface area contributed by atoms with Gasteiger partial charge in [-0.2, -0.15) is 0 Å². The number of aryl methyl sites for hydroxylation is 1. The highest BCUT2D eigenvalue weighted by molar-refractivity contribution is 5.94. The Kier molecular flexibility index (Phi) is 14.9. The summed E-state index contributed by atoms with van der Waals surface area (Å²) >= 11 is 0. The van der Waals surface area contributed by atoms with Crippen molar-refractivity contribution in [3.8, 4) is 11.4 Å². The van der Waals surface area contributed by atoms with Crippen LogP contribution in [0.4, 0.5) is 4.39 Å². The monoisotopic (exact) mass is 916 g/mol. The van der Waals surface area contributed by atoms with Crippen molar-refractivity contribution in [3.63, 3.8) is 0 Å². The van der Waals surface area contributed by atoms with Crippen molar-refractivity contribution in [1.29, 1.82) is 0 Å². The van der Waals surface area contributed by atoms with Crippen molar-refractivity contribution in [2.24, 2.45) is 0 Å². The van der Waals surface area contributed by atoms with E-state index >= 15 is 4.39 Å². The summed E-state index contributed by atoms with van der Waals surface area (Å²) in [5.74, 6) is -4.97. The zero-order chi connectivity index (χ0) is 47.1. The lowest BCUT2D eigenvalue weighted by molar-refractivity contribution is -0.172. The van der Waals surface area contributed by atoms with Crippen LogP contribution >= 0.6 is 0 Å². The predicted octanol–water partition coefficient (Wildman–Crippen LogP) is 0.0912. The van der Waals surface area contributed by atoms with Gasteiger partial charge in [-0.05, 0) is 68.2 Å². The smallest absolute Gasteiger partial charge is 0.343 e. The Hall–Kier alpha value is -6.58. The number of esters is 1. The van der Waals surface area contributed by atoms with Crippen molar-refractivity contribution in [3.05, 3.63) is 73.8 Å². The summed E-state index contributed by atoms with van der Waals surface area (Å²) in [6.07, 6.45) is 9.62. The first kappa shape index (κ1) is 47.4. The maximum atomic E-state index is 15.3. The van der Waals surface area contributed by atoms with Crippen LogP contribution in [0.25, 0.3) is 22.3 Å². The summed E-state index contributed by atoms with van der Waals surface area (Å²) < 4.78 is 32.9. The normalized spacial score (nSPS) is 19.7. The summed E-state index contributed by atoms with van der Waals surface area (Å²) in [5.41, 5.74) is 1.28. The molecule has 0 spiro atoms. The van der Waals surface area contributed by atoms with Crippen LogP contribution in [0.1, 0.15) is 91.3 Å². The minimum atomic E-state index is -2.04. The maximum absolute atomic E-state index is 15.3.